The Kier molecular flexibility index (Phi) is 6.25. The average molecular weight is 433 g/mol. The molecule has 5 nitrogen and oxygen atoms in total. The van der Waals surface area contributed by atoms with Crippen molar-refractivity contribution in [3.8, 4) is 5.75 Å². The number of esters is 1. The Morgan fingerprint density at radius 3 is 2.57 bits per heavy atom. The van der Waals surface area contributed by atoms with E-state index in [1.807, 2.05) is 24.3 Å². The number of carbonyl (C=O) groups is 1. The van der Waals surface area contributed by atoms with Crippen LogP contribution in [0.4, 0.5) is 0 Å². The molecule has 3 rings (SSSR count). The molecule has 0 spiro atoms. The molecule has 1 saturated heterocycles. The van der Waals surface area contributed by atoms with Gasteiger partial charge in [0, 0.05) is 20.3 Å². The summed E-state index contributed by atoms with van der Waals surface area (Å²) in [5.74, 6) is -0.735. The second kappa shape index (κ2) is 8.13. The summed E-state index contributed by atoms with van der Waals surface area (Å²) < 4.78 is 24.3. The molecule has 2 heterocycles. The number of hydrogen-bond acceptors (Lipinski definition) is 5. The van der Waals surface area contributed by atoms with Gasteiger partial charge in [-0.3, -0.25) is 0 Å². The van der Waals surface area contributed by atoms with Crippen LogP contribution in [0.1, 0.15) is 63.4 Å². The summed E-state index contributed by atoms with van der Waals surface area (Å²) in [6.45, 7) is 18.7. The van der Waals surface area contributed by atoms with Crippen LogP contribution in [-0.2, 0) is 20.3 Å². The number of benzene rings is 1. The fourth-order valence-corrected chi connectivity index (χ4v) is 5.23. The minimum atomic E-state index is -1.89. The molecule has 0 radical (unpaired) electrons. The number of hydrogen-bond donors (Lipinski definition) is 0. The fraction of sp³-hybridized carbons (Fsp3) is 0.625. The highest BCUT2D eigenvalue weighted by Gasteiger charge is 2.42. The van der Waals surface area contributed by atoms with Crippen molar-refractivity contribution < 1.29 is 23.4 Å². The predicted molar refractivity (Wildman–Crippen MR) is 120 cm³/mol. The topological polar surface area (TPSA) is 54.0 Å². The first kappa shape index (κ1) is 23.0. The molecular formula is C24H36O5Si. The molecule has 0 amide bonds. The minimum Gasteiger partial charge on any atom is -0.452 e. The third kappa shape index (κ3) is 4.98. The van der Waals surface area contributed by atoms with Gasteiger partial charge in [-0.25, -0.2) is 4.79 Å². The largest absolute Gasteiger partial charge is 0.452 e. The molecule has 1 unspecified atom stereocenters. The number of fused-ring (bicyclic) bond motifs is 1. The van der Waals surface area contributed by atoms with Gasteiger partial charge in [-0.15, -0.1) is 6.58 Å². The van der Waals surface area contributed by atoms with Gasteiger partial charge in [-0.05, 0) is 42.6 Å². The van der Waals surface area contributed by atoms with Crippen LogP contribution in [-0.4, -0.2) is 38.4 Å². The Morgan fingerprint density at radius 1 is 1.23 bits per heavy atom. The monoisotopic (exact) mass is 432 g/mol. The molecule has 2 aliphatic rings. The lowest BCUT2D eigenvalue weighted by molar-refractivity contribution is -0.127. The third-order valence-corrected chi connectivity index (χ3v) is 10.9. The van der Waals surface area contributed by atoms with Gasteiger partial charge in [0.2, 0.25) is 5.79 Å². The lowest BCUT2D eigenvalue weighted by Crippen LogP contribution is -2.48. The second-order valence-electron chi connectivity index (χ2n) is 10.4. The van der Waals surface area contributed by atoms with Crippen molar-refractivity contribution >= 4 is 14.3 Å². The van der Waals surface area contributed by atoms with Gasteiger partial charge in [0.05, 0.1) is 18.3 Å². The zero-order valence-electron chi connectivity index (χ0n) is 19.4. The first-order valence-electron chi connectivity index (χ1n) is 10.8. The molecule has 0 bridgehead atoms. The zero-order chi connectivity index (χ0) is 22.3. The molecule has 3 atom stereocenters. The van der Waals surface area contributed by atoms with Gasteiger partial charge in [0.1, 0.15) is 11.3 Å². The standard InChI is InChI=1S/C24H36O5Si/c1-9-17-14-19(29-30(7,8)23(2,3)4)15-18(26-17)13-16-11-10-12-20-21(16)22(25)28-24(5,6)27-20/h9-12,17-19H,1,13-15H2,2-8H3/t17-,18-,19?/m0/s1. The molecule has 1 aromatic rings. The van der Waals surface area contributed by atoms with Gasteiger partial charge in [-0.2, -0.15) is 0 Å². The summed E-state index contributed by atoms with van der Waals surface area (Å²) in [6.07, 6.45) is 4.07. The molecule has 0 N–H and O–H groups in total. The number of cyclic esters (lactones) is 1. The van der Waals surface area contributed by atoms with Crippen molar-refractivity contribution in [3.63, 3.8) is 0 Å². The number of ether oxygens (including phenoxy) is 3. The predicted octanol–water partition coefficient (Wildman–Crippen LogP) is 5.64. The summed E-state index contributed by atoms with van der Waals surface area (Å²) in [5.41, 5.74) is 1.39. The Hall–Kier alpha value is -1.63. The summed E-state index contributed by atoms with van der Waals surface area (Å²) in [4.78, 5) is 12.7. The molecular weight excluding hydrogens is 396 g/mol. The molecule has 1 aromatic carbocycles. The van der Waals surface area contributed by atoms with E-state index < -0.39 is 14.1 Å². The van der Waals surface area contributed by atoms with Crippen molar-refractivity contribution in [1.29, 1.82) is 0 Å². The maximum atomic E-state index is 12.7. The van der Waals surface area contributed by atoms with Crippen LogP contribution in [0.25, 0.3) is 0 Å². The minimum absolute atomic E-state index is 0.0554. The van der Waals surface area contributed by atoms with E-state index in [1.165, 1.54) is 0 Å². The Morgan fingerprint density at radius 2 is 1.93 bits per heavy atom. The van der Waals surface area contributed by atoms with Crippen LogP contribution < -0.4 is 4.74 Å². The smallest absolute Gasteiger partial charge is 0.345 e. The fourth-order valence-electron chi connectivity index (χ4n) is 3.85. The van der Waals surface area contributed by atoms with Crippen LogP contribution >= 0.6 is 0 Å². The first-order chi connectivity index (χ1) is 13.8. The van der Waals surface area contributed by atoms with E-state index in [2.05, 4.69) is 40.4 Å². The molecule has 2 aliphatic heterocycles. The summed E-state index contributed by atoms with van der Waals surface area (Å²) in [5, 5.41) is 0.150. The van der Waals surface area contributed by atoms with Crippen molar-refractivity contribution in [2.75, 3.05) is 0 Å². The van der Waals surface area contributed by atoms with Gasteiger partial charge in [0.15, 0.2) is 8.32 Å². The average Bonchev–Trinajstić information content (AvgIpc) is 2.58. The van der Waals surface area contributed by atoms with E-state index in [1.54, 1.807) is 13.8 Å². The zero-order valence-corrected chi connectivity index (χ0v) is 20.4. The second-order valence-corrected chi connectivity index (χ2v) is 15.1. The summed E-state index contributed by atoms with van der Waals surface area (Å²) >= 11 is 0. The molecule has 1 fully saturated rings. The van der Waals surface area contributed by atoms with E-state index >= 15 is 0 Å². The summed E-state index contributed by atoms with van der Waals surface area (Å²) in [6, 6.07) is 5.69. The van der Waals surface area contributed by atoms with Crippen molar-refractivity contribution in [2.45, 2.75) is 96.1 Å². The van der Waals surface area contributed by atoms with E-state index in [4.69, 9.17) is 18.6 Å². The number of rotatable bonds is 5. The van der Waals surface area contributed by atoms with Gasteiger partial charge in [-0.1, -0.05) is 39.0 Å². The maximum absolute atomic E-state index is 12.7. The van der Waals surface area contributed by atoms with Crippen LogP contribution in [0.15, 0.2) is 30.9 Å². The number of carbonyl (C=O) groups excluding carboxylic acids is 1. The van der Waals surface area contributed by atoms with Crippen LogP contribution in [0.2, 0.25) is 18.1 Å². The van der Waals surface area contributed by atoms with Crippen LogP contribution in [0, 0.1) is 0 Å². The van der Waals surface area contributed by atoms with E-state index in [0.717, 1.165) is 18.4 Å². The van der Waals surface area contributed by atoms with Crippen molar-refractivity contribution in [3.05, 3.63) is 42.0 Å². The SMILES string of the molecule is C=C[C@H]1CC(O[Si](C)(C)C(C)(C)C)C[C@H](Cc2cccc3c2C(=O)OC(C)(C)O3)O1. The Labute approximate surface area is 181 Å². The van der Waals surface area contributed by atoms with Gasteiger partial charge >= 0.3 is 5.97 Å². The molecule has 30 heavy (non-hydrogen) atoms. The van der Waals surface area contributed by atoms with Gasteiger partial charge in [0.25, 0.3) is 0 Å². The highest BCUT2D eigenvalue weighted by atomic mass is 28.4. The van der Waals surface area contributed by atoms with Crippen molar-refractivity contribution in [2.24, 2.45) is 0 Å². The quantitative estimate of drug-likeness (QED) is 0.342. The molecule has 0 aromatic heterocycles. The Balaban J connectivity index is 1.80. The van der Waals surface area contributed by atoms with E-state index in [0.29, 0.717) is 17.7 Å². The van der Waals surface area contributed by atoms with E-state index in [9.17, 15) is 4.79 Å². The van der Waals surface area contributed by atoms with E-state index in [-0.39, 0.29) is 29.3 Å². The summed E-state index contributed by atoms with van der Waals surface area (Å²) in [7, 11) is -1.89. The highest BCUT2D eigenvalue weighted by molar-refractivity contribution is 6.74. The highest BCUT2D eigenvalue weighted by Crippen LogP contribution is 2.40. The third-order valence-electron chi connectivity index (χ3n) is 6.38. The molecule has 166 valence electrons. The molecule has 0 saturated carbocycles. The van der Waals surface area contributed by atoms with Crippen LogP contribution in [0.5, 0.6) is 5.75 Å². The molecule has 6 heteroatoms. The van der Waals surface area contributed by atoms with Crippen molar-refractivity contribution in [1.82, 2.24) is 0 Å². The van der Waals surface area contributed by atoms with Gasteiger partial charge < -0.3 is 18.6 Å². The Bertz CT molecular complexity index is 808. The maximum Gasteiger partial charge on any atom is 0.345 e. The molecule has 0 aliphatic carbocycles. The normalized spacial score (nSPS) is 26.4. The first-order valence-corrected chi connectivity index (χ1v) is 13.7. The van der Waals surface area contributed by atoms with Crippen LogP contribution in [0.3, 0.4) is 0 Å². The lowest BCUT2D eigenvalue weighted by atomic mass is 9.93. The lowest BCUT2D eigenvalue weighted by Gasteiger charge is -2.43.